The van der Waals surface area contributed by atoms with Gasteiger partial charge in [0.15, 0.2) is 0 Å². The SMILES string of the molecule is COc1ccc(S(=O)(=O)N2CCCCCC2)cc1NC(=O)CN1CCC[C@@H]1C(N)=O. The van der Waals surface area contributed by atoms with Gasteiger partial charge in [-0.3, -0.25) is 14.5 Å². The highest BCUT2D eigenvalue weighted by molar-refractivity contribution is 7.89. The largest absolute Gasteiger partial charge is 0.495 e. The lowest BCUT2D eigenvalue weighted by Gasteiger charge is -2.22. The zero-order chi connectivity index (χ0) is 21.7. The molecule has 1 atom stereocenters. The number of ether oxygens (including phenoxy) is 1. The number of nitrogens with zero attached hydrogens (tertiary/aromatic N) is 2. The minimum Gasteiger partial charge on any atom is -0.495 e. The molecule has 0 saturated carbocycles. The smallest absolute Gasteiger partial charge is 0.243 e. The van der Waals surface area contributed by atoms with E-state index in [4.69, 9.17) is 10.5 Å². The van der Waals surface area contributed by atoms with Crippen LogP contribution < -0.4 is 15.8 Å². The first-order chi connectivity index (χ1) is 14.3. The number of rotatable bonds is 7. The van der Waals surface area contributed by atoms with Gasteiger partial charge in [0.05, 0.1) is 30.3 Å². The second-order valence-electron chi connectivity index (χ2n) is 7.76. The van der Waals surface area contributed by atoms with Crippen molar-refractivity contribution in [3.8, 4) is 5.75 Å². The number of carbonyl (C=O) groups excluding carboxylic acids is 2. The summed E-state index contributed by atoms with van der Waals surface area (Å²) < 4.78 is 33.0. The Morgan fingerprint density at radius 2 is 1.83 bits per heavy atom. The molecule has 0 aromatic heterocycles. The lowest BCUT2D eigenvalue weighted by atomic mass is 10.2. The molecule has 30 heavy (non-hydrogen) atoms. The third-order valence-corrected chi connectivity index (χ3v) is 7.58. The number of nitrogens with two attached hydrogens (primary N) is 1. The lowest BCUT2D eigenvalue weighted by Crippen LogP contribution is -2.43. The van der Waals surface area contributed by atoms with E-state index < -0.39 is 22.0 Å². The van der Waals surface area contributed by atoms with E-state index in [2.05, 4.69) is 5.32 Å². The number of likely N-dealkylation sites (tertiary alicyclic amines) is 1. The fourth-order valence-electron chi connectivity index (χ4n) is 4.09. The average Bonchev–Trinajstić information content (AvgIpc) is 2.98. The van der Waals surface area contributed by atoms with Crippen LogP contribution in [-0.4, -0.2) is 68.8 Å². The van der Waals surface area contributed by atoms with E-state index in [1.807, 2.05) is 0 Å². The monoisotopic (exact) mass is 438 g/mol. The highest BCUT2D eigenvalue weighted by Gasteiger charge is 2.31. The molecule has 0 radical (unpaired) electrons. The van der Waals surface area contributed by atoms with Gasteiger partial charge in [-0.15, -0.1) is 0 Å². The number of benzene rings is 1. The number of hydrogen-bond acceptors (Lipinski definition) is 6. The summed E-state index contributed by atoms with van der Waals surface area (Å²) in [5.41, 5.74) is 5.69. The molecule has 9 nitrogen and oxygen atoms in total. The Labute approximate surface area is 177 Å². The molecule has 0 spiro atoms. The number of nitrogens with one attached hydrogen (secondary N) is 1. The molecule has 2 aliphatic rings. The zero-order valence-corrected chi connectivity index (χ0v) is 18.1. The molecule has 2 heterocycles. The van der Waals surface area contributed by atoms with E-state index in [0.29, 0.717) is 31.8 Å². The predicted octanol–water partition coefficient (Wildman–Crippen LogP) is 1.15. The lowest BCUT2D eigenvalue weighted by molar-refractivity contribution is -0.123. The van der Waals surface area contributed by atoms with Gasteiger partial charge in [-0.1, -0.05) is 12.8 Å². The van der Waals surface area contributed by atoms with Crippen LogP contribution >= 0.6 is 0 Å². The van der Waals surface area contributed by atoms with Crippen molar-refractivity contribution in [3.05, 3.63) is 18.2 Å². The molecule has 0 unspecified atom stereocenters. The Bertz CT molecular complexity index is 881. The van der Waals surface area contributed by atoms with Gasteiger partial charge >= 0.3 is 0 Å². The van der Waals surface area contributed by atoms with Gasteiger partial charge in [0.25, 0.3) is 0 Å². The first-order valence-corrected chi connectivity index (χ1v) is 11.8. The second kappa shape index (κ2) is 9.76. The van der Waals surface area contributed by atoms with E-state index in [1.54, 1.807) is 11.0 Å². The fraction of sp³-hybridized carbons (Fsp3) is 0.600. The van der Waals surface area contributed by atoms with Crippen molar-refractivity contribution in [1.82, 2.24) is 9.21 Å². The van der Waals surface area contributed by atoms with Crippen LogP contribution in [0.5, 0.6) is 5.75 Å². The maximum atomic E-state index is 13.1. The van der Waals surface area contributed by atoms with E-state index in [1.165, 1.54) is 23.5 Å². The van der Waals surface area contributed by atoms with Crippen molar-refractivity contribution in [2.24, 2.45) is 5.73 Å². The van der Waals surface area contributed by atoms with E-state index in [0.717, 1.165) is 32.1 Å². The number of anilines is 1. The summed E-state index contributed by atoms with van der Waals surface area (Å²) in [4.78, 5) is 26.0. The van der Waals surface area contributed by atoms with Gasteiger partial charge in [-0.2, -0.15) is 4.31 Å². The first kappa shape index (κ1) is 22.5. The van der Waals surface area contributed by atoms with Gasteiger partial charge in [0.1, 0.15) is 5.75 Å². The maximum absolute atomic E-state index is 13.1. The molecule has 3 N–H and O–H groups in total. The zero-order valence-electron chi connectivity index (χ0n) is 17.3. The van der Waals surface area contributed by atoms with Gasteiger partial charge in [-0.05, 0) is 50.4 Å². The van der Waals surface area contributed by atoms with Crippen LogP contribution in [0, 0.1) is 0 Å². The third kappa shape index (κ3) is 5.11. The number of methoxy groups -OCH3 is 1. The van der Waals surface area contributed by atoms with Crippen LogP contribution in [0.15, 0.2) is 23.1 Å². The molecule has 2 saturated heterocycles. The second-order valence-corrected chi connectivity index (χ2v) is 9.70. The highest BCUT2D eigenvalue weighted by Crippen LogP contribution is 2.30. The number of sulfonamides is 1. The summed E-state index contributed by atoms with van der Waals surface area (Å²) in [6.07, 6.45) is 5.17. The minimum atomic E-state index is -3.66. The predicted molar refractivity (Wildman–Crippen MR) is 113 cm³/mol. The molecule has 1 aromatic rings. The molecule has 166 valence electrons. The summed E-state index contributed by atoms with van der Waals surface area (Å²) in [5, 5.41) is 2.73. The Morgan fingerprint density at radius 3 is 2.47 bits per heavy atom. The summed E-state index contributed by atoms with van der Waals surface area (Å²) in [6, 6.07) is 4.03. The van der Waals surface area contributed by atoms with E-state index in [9.17, 15) is 18.0 Å². The standard InChI is InChI=1S/C20H30N4O5S/c1-29-18-9-8-15(30(27,28)24-11-4-2-3-5-12-24)13-16(18)22-19(25)14-23-10-6-7-17(23)20(21)26/h8-9,13,17H,2-7,10-12,14H2,1H3,(H2,21,26)(H,22,25)/t17-/m1/s1. The van der Waals surface area contributed by atoms with Crippen LogP contribution in [-0.2, 0) is 19.6 Å². The molecule has 2 fully saturated rings. The third-order valence-electron chi connectivity index (χ3n) is 5.69. The molecule has 3 rings (SSSR count). The molecule has 2 aliphatic heterocycles. The molecule has 0 bridgehead atoms. The van der Waals surface area contributed by atoms with Crippen molar-refractivity contribution in [2.75, 3.05) is 38.6 Å². The van der Waals surface area contributed by atoms with Crippen LogP contribution in [0.1, 0.15) is 38.5 Å². The quantitative estimate of drug-likeness (QED) is 0.658. The summed E-state index contributed by atoms with van der Waals surface area (Å²) in [6.45, 7) is 1.61. The van der Waals surface area contributed by atoms with Crippen LogP contribution in [0.25, 0.3) is 0 Å². The number of carbonyl (C=O) groups is 2. The molecular weight excluding hydrogens is 408 g/mol. The Morgan fingerprint density at radius 1 is 1.13 bits per heavy atom. The normalized spacial score (nSPS) is 21.2. The van der Waals surface area contributed by atoms with Crippen molar-refractivity contribution in [1.29, 1.82) is 0 Å². The van der Waals surface area contributed by atoms with Crippen molar-refractivity contribution >= 4 is 27.5 Å². The molecular formula is C20H30N4O5S. The summed E-state index contributed by atoms with van der Waals surface area (Å²) in [5.74, 6) is -0.430. The molecule has 10 heteroatoms. The molecule has 1 aromatic carbocycles. The van der Waals surface area contributed by atoms with Crippen molar-refractivity contribution in [3.63, 3.8) is 0 Å². The maximum Gasteiger partial charge on any atom is 0.243 e. The Kier molecular flexibility index (Phi) is 7.32. The average molecular weight is 439 g/mol. The van der Waals surface area contributed by atoms with Gasteiger partial charge in [-0.25, -0.2) is 8.42 Å². The van der Waals surface area contributed by atoms with Gasteiger partial charge < -0.3 is 15.8 Å². The summed E-state index contributed by atoms with van der Waals surface area (Å²) >= 11 is 0. The van der Waals surface area contributed by atoms with Crippen molar-refractivity contribution < 1.29 is 22.7 Å². The van der Waals surface area contributed by atoms with Crippen LogP contribution in [0.4, 0.5) is 5.69 Å². The van der Waals surface area contributed by atoms with Gasteiger partial charge in [0, 0.05) is 13.1 Å². The van der Waals surface area contributed by atoms with Crippen LogP contribution in [0.2, 0.25) is 0 Å². The Balaban J connectivity index is 1.77. The number of primary amides is 1. The summed E-state index contributed by atoms with van der Waals surface area (Å²) in [7, 11) is -2.20. The fourth-order valence-corrected chi connectivity index (χ4v) is 5.63. The molecule has 2 amide bonds. The Hall–Kier alpha value is -2.17. The topological polar surface area (TPSA) is 122 Å². The molecule has 0 aliphatic carbocycles. The number of hydrogen-bond donors (Lipinski definition) is 2. The van der Waals surface area contributed by atoms with Gasteiger partial charge in [0.2, 0.25) is 21.8 Å². The van der Waals surface area contributed by atoms with E-state index >= 15 is 0 Å². The van der Waals surface area contributed by atoms with E-state index in [-0.39, 0.29) is 23.0 Å². The van der Waals surface area contributed by atoms with Crippen molar-refractivity contribution in [2.45, 2.75) is 49.5 Å². The first-order valence-electron chi connectivity index (χ1n) is 10.3. The minimum absolute atomic E-state index is 0.000135. The highest BCUT2D eigenvalue weighted by atomic mass is 32.2. The van der Waals surface area contributed by atoms with Crippen LogP contribution in [0.3, 0.4) is 0 Å². The number of amides is 2.